The second-order valence-corrected chi connectivity index (χ2v) is 7.01. The molecule has 5 rings (SSSR count). The molecule has 0 aliphatic carbocycles. The number of fused-ring (bicyclic) bond motifs is 2. The number of aromatic amines is 1. The summed E-state index contributed by atoms with van der Waals surface area (Å²) < 4.78 is 23.1. The summed E-state index contributed by atoms with van der Waals surface area (Å²) >= 11 is 0. The zero-order valence-electron chi connectivity index (χ0n) is 13.6. The zero-order chi connectivity index (χ0) is 18.7. The fourth-order valence-corrected chi connectivity index (χ4v) is 4.09. The van der Waals surface area contributed by atoms with Crippen LogP contribution in [0.2, 0.25) is 0 Å². The van der Waals surface area contributed by atoms with Gasteiger partial charge in [0.2, 0.25) is 5.95 Å². The third-order valence-electron chi connectivity index (χ3n) is 4.44. The maximum atomic E-state index is 12.3. The SMILES string of the molecule is Nc1nc2c(nc(-c3ccco3)n2[C@@H]2OC3COP(O)O[C@H]3C2O)c(=O)[nH]1. The molecule has 12 nitrogen and oxygen atoms in total. The van der Waals surface area contributed by atoms with E-state index in [9.17, 15) is 14.8 Å². The Bertz CT molecular complexity index is 1050. The number of nitrogens with zero attached hydrogens (tertiary/aromatic N) is 3. The Hall–Kier alpha value is -2.34. The number of nitrogens with two attached hydrogens (primary N) is 1. The summed E-state index contributed by atoms with van der Waals surface area (Å²) in [5.74, 6) is 0.467. The van der Waals surface area contributed by atoms with Crippen LogP contribution < -0.4 is 11.3 Å². The van der Waals surface area contributed by atoms with Gasteiger partial charge in [-0.05, 0) is 12.1 Å². The lowest BCUT2D eigenvalue weighted by Crippen LogP contribution is -2.38. The minimum Gasteiger partial charge on any atom is -0.461 e. The number of H-pyrrole nitrogens is 1. The number of aliphatic hydroxyl groups excluding tert-OH is 1. The summed E-state index contributed by atoms with van der Waals surface area (Å²) in [4.78, 5) is 32.7. The van der Waals surface area contributed by atoms with Gasteiger partial charge in [0.05, 0.1) is 12.9 Å². The molecule has 0 bridgehead atoms. The van der Waals surface area contributed by atoms with Crippen LogP contribution in [0.1, 0.15) is 6.23 Å². The molecule has 5 N–H and O–H groups in total. The maximum Gasteiger partial charge on any atom is 0.330 e. The van der Waals surface area contributed by atoms with Crippen molar-refractivity contribution >= 4 is 25.7 Å². The Morgan fingerprint density at radius 1 is 1.41 bits per heavy atom. The summed E-state index contributed by atoms with van der Waals surface area (Å²) in [5.41, 5.74) is 5.28. The highest BCUT2D eigenvalue weighted by atomic mass is 31.2. The van der Waals surface area contributed by atoms with Crippen LogP contribution in [0.3, 0.4) is 0 Å². The first kappa shape index (κ1) is 16.8. The summed E-state index contributed by atoms with van der Waals surface area (Å²) in [5, 5.41) is 10.8. The van der Waals surface area contributed by atoms with E-state index in [0.29, 0.717) is 5.76 Å². The van der Waals surface area contributed by atoms with Crippen molar-refractivity contribution in [1.82, 2.24) is 19.5 Å². The van der Waals surface area contributed by atoms with E-state index >= 15 is 0 Å². The number of aliphatic hydroxyl groups is 1. The quantitative estimate of drug-likeness (QED) is 0.428. The lowest BCUT2D eigenvalue weighted by atomic mass is 10.1. The first-order valence-corrected chi connectivity index (χ1v) is 9.10. The molecule has 3 unspecified atom stereocenters. The molecule has 2 fully saturated rings. The number of hydrogen-bond acceptors (Lipinski definition) is 10. The van der Waals surface area contributed by atoms with E-state index in [-0.39, 0.29) is 29.5 Å². The molecular weight excluding hydrogens is 381 g/mol. The fourth-order valence-electron chi connectivity index (χ4n) is 3.29. The minimum absolute atomic E-state index is 0.0165. The average molecular weight is 395 g/mol. The third kappa shape index (κ3) is 2.57. The molecule has 3 aromatic heterocycles. The summed E-state index contributed by atoms with van der Waals surface area (Å²) in [6, 6.07) is 3.31. The van der Waals surface area contributed by atoms with Crippen molar-refractivity contribution in [1.29, 1.82) is 0 Å². The van der Waals surface area contributed by atoms with E-state index < -0.39 is 38.7 Å². The second kappa shape index (κ2) is 6.09. The molecule has 2 aliphatic heterocycles. The average Bonchev–Trinajstić information content (AvgIpc) is 3.33. The van der Waals surface area contributed by atoms with Crippen LogP contribution >= 0.6 is 8.60 Å². The van der Waals surface area contributed by atoms with Crippen LogP contribution in [0.25, 0.3) is 22.7 Å². The van der Waals surface area contributed by atoms with E-state index in [0.717, 1.165) is 0 Å². The van der Waals surface area contributed by atoms with Crippen LogP contribution in [-0.2, 0) is 13.8 Å². The third-order valence-corrected chi connectivity index (χ3v) is 5.23. The molecule has 0 amide bonds. The summed E-state index contributed by atoms with van der Waals surface area (Å²) in [7, 11) is -2.09. The number of furan rings is 1. The monoisotopic (exact) mass is 395 g/mol. The molecule has 0 spiro atoms. The Balaban J connectivity index is 1.70. The van der Waals surface area contributed by atoms with Crippen LogP contribution in [0.4, 0.5) is 5.95 Å². The van der Waals surface area contributed by atoms with Gasteiger partial charge in [0.1, 0.15) is 18.3 Å². The Morgan fingerprint density at radius 3 is 3.04 bits per heavy atom. The number of ether oxygens (including phenoxy) is 1. The van der Waals surface area contributed by atoms with Crippen molar-refractivity contribution in [3.05, 3.63) is 28.7 Å². The summed E-state index contributed by atoms with van der Waals surface area (Å²) in [6.07, 6.45) is -2.15. The molecule has 0 saturated carbocycles. The van der Waals surface area contributed by atoms with Gasteiger partial charge in [-0.25, -0.2) is 4.98 Å². The van der Waals surface area contributed by atoms with E-state index in [2.05, 4.69) is 15.0 Å². The molecule has 3 aromatic rings. The van der Waals surface area contributed by atoms with Gasteiger partial charge in [0, 0.05) is 0 Å². The Labute approximate surface area is 151 Å². The first-order chi connectivity index (χ1) is 13.0. The highest BCUT2D eigenvalue weighted by Crippen LogP contribution is 2.47. The molecule has 5 heterocycles. The smallest absolute Gasteiger partial charge is 0.330 e. The van der Waals surface area contributed by atoms with Gasteiger partial charge in [-0.1, -0.05) is 0 Å². The molecule has 0 radical (unpaired) electrons. The standard InChI is InChI=1S/C14H14N5O7P/c15-14-17-11-7(12(21)18-14)16-10(5-2-1-3-23-5)19(11)13-8(20)9-6(25-13)4-24-27(22)26-9/h1-3,6,8-9,13,20,22H,4H2,(H3,15,17,18,21)/t6?,8?,9-,13-,27?/m1/s1. The van der Waals surface area contributed by atoms with Gasteiger partial charge in [0.25, 0.3) is 5.56 Å². The van der Waals surface area contributed by atoms with Crippen LogP contribution in [0.15, 0.2) is 27.6 Å². The number of aromatic nitrogens is 4. The zero-order valence-corrected chi connectivity index (χ0v) is 14.4. The number of anilines is 1. The predicted molar refractivity (Wildman–Crippen MR) is 90.1 cm³/mol. The van der Waals surface area contributed by atoms with Gasteiger partial charge >= 0.3 is 8.60 Å². The largest absolute Gasteiger partial charge is 0.461 e. The van der Waals surface area contributed by atoms with Crippen LogP contribution in [-0.4, -0.2) is 54.4 Å². The highest BCUT2D eigenvalue weighted by Gasteiger charge is 2.50. The molecule has 2 aliphatic rings. The van der Waals surface area contributed by atoms with Crippen LogP contribution in [0.5, 0.6) is 0 Å². The number of imidazole rings is 1. The molecule has 13 heteroatoms. The molecular formula is C14H14N5O7P. The van der Waals surface area contributed by atoms with Gasteiger partial charge in [-0.15, -0.1) is 0 Å². The molecule has 0 aromatic carbocycles. The van der Waals surface area contributed by atoms with Crippen molar-refractivity contribution in [2.45, 2.75) is 24.5 Å². The van der Waals surface area contributed by atoms with Gasteiger partial charge in [0.15, 0.2) is 29.0 Å². The van der Waals surface area contributed by atoms with Crippen molar-refractivity contribution in [3.8, 4) is 11.6 Å². The molecule has 5 atom stereocenters. The van der Waals surface area contributed by atoms with Gasteiger partial charge < -0.3 is 33.9 Å². The minimum atomic E-state index is -2.09. The van der Waals surface area contributed by atoms with E-state index in [1.165, 1.54) is 10.8 Å². The molecule has 142 valence electrons. The number of nitrogen functional groups attached to an aromatic ring is 1. The normalized spacial score (nSPS) is 30.7. The second-order valence-electron chi connectivity index (χ2n) is 6.07. The maximum absolute atomic E-state index is 12.3. The van der Waals surface area contributed by atoms with Gasteiger partial charge in [-0.2, -0.15) is 4.98 Å². The van der Waals surface area contributed by atoms with Gasteiger partial charge in [-0.3, -0.25) is 14.3 Å². The number of nitrogens with one attached hydrogen (secondary N) is 1. The fraction of sp³-hybridized carbons (Fsp3) is 0.357. The Morgan fingerprint density at radius 2 is 2.26 bits per heavy atom. The highest BCUT2D eigenvalue weighted by molar-refractivity contribution is 7.40. The number of hydrogen-bond donors (Lipinski definition) is 4. The summed E-state index contributed by atoms with van der Waals surface area (Å²) in [6.45, 7) is 0.0549. The number of rotatable bonds is 2. The lowest BCUT2D eigenvalue weighted by molar-refractivity contribution is -0.0582. The van der Waals surface area contributed by atoms with Crippen molar-refractivity contribution in [3.63, 3.8) is 0 Å². The van der Waals surface area contributed by atoms with E-state index in [4.69, 9.17) is 23.9 Å². The van der Waals surface area contributed by atoms with Crippen LogP contribution in [0, 0.1) is 0 Å². The van der Waals surface area contributed by atoms with Crippen molar-refractivity contribution in [2.24, 2.45) is 0 Å². The first-order valence-electron chi connectivity index (χ1n) is 7.97. The Kier molecular flexibility index (Phi) is 3.79. The molecule has 27 heavy (non-hydrogen) atoms. The van der Waals surface area contributed by atoms with Crippen molar-refractivity contribution < 1.29 is 28.2 Å². The topological polar surface area (TPSA) is 171 Å². The lowest BCUT2D eigenvalue weighted by Gasteiger charge is -2.27. The predicted octanol–water partition coefficient (Wildman–Crippen LogP) is -0.145. The molecule has 2 saturated heterocycles. The van der Waals surface area contributed by atoms with E-state index in [1.54, 1.807) is 12.1 Å². The van der Waals surface area contributed by atoms with Crippen molar-refractivity contribution in [2.75, 3.05) is 12.3 Å². The van der Waals surface area contributed by atoms with E-state index in [1.807, 2.05) is 0 Å².